The number of anilines is 1. The molecule has 2 aromatic heterocycles. The van der Waals surface area contributed by atoms with E-state index in [9.17, 15) is 4.79 Å². The molecule has 26 heavy (non-hydrogen) atoms. The minimum atomic E-state index is 0.172. The maximum absolute atomic E-state index is 11.5. The van der Waals surface area contributed by atoms with Crippen LogP contribution in [0.5, 0.6) is 0 Å². The quantitative estimate of drug-likeness (QED) is 0.753. The van der Waals surface area contributed by atoms with Crippen LogP contribution in [0.2, 0.25) is 0 Å². The predicted molar refractivity (Wildman–Crippen MR) is 105 cm³/mol. The molecule has 1 aromatic carbocycles. The number of amides is 1. The fraction of sp³-hybridized carbons (Fsp3) is 0.333. The molecule has 4 rings (SSSR count). The summed E-state index contributed by atoms with van der Waals surface area (Å²) in [7, 11) is 0. The lowest BCUT2D eigenvalue weighted by molar-refractivity contribution is -0.129. The molecule has 0 bridgehead atoms. The molecule has 0 saturated carbocycles. The number of aromatic amines is 1. The van der Waals surface area contributed by atoms with Crippen molar-refractivity contribution < 1.29 is 4.79 Å². The van der Waals surface area contributed by atoms with Crippen molar-refractivity contribution in [1.29, 1.82) is 0 Å². The van der Waals surface area contributed by atoms with Crippen LogP contribution in [0, 0.1) is 6.92 Å². The lowest BCUT2D eigenvalue weighted by Gasteiger charge is -2.32. The summed E-state index contributed by atoms with van der Waals surface area (Å²) < 4.78 is 0. The van der Waals surface area contributed by atoms with Crippen LogP contribution >= 0.6 is 0 Å². The summed E-state index contributed by atoms with van der Waals surface area (Å²) >= 11 is 0. The highest BCUT2D eigenvalue weighted by molar-refractivity contribution is 5.95. The first-order valence-electron chi connectivity index (χ1n) is 9.17. The summed E-state index contributed by atoms with van der Waals surface area (Å²) in [6, 6.07) is 12.9. The zero-order chi connectivity index (χ0) is 18.1. The van der Waals surface area contributed by atoms with E-state index in [4.69, 9.17) is 0 Å². The van der Waals surface area contributed by atoms with Crippen molar-refractivity contribution in [3.05, 3.63) is 48.2 Å². The van der Waals surface area contributed by atoms with Crippen molar-refractivity contribution in [2.45, 2.75) is 32.7 Å². The number of aromatic nitrogens is 2. The third-order valence-electron chi connectivity index (χ3n) is 5.11. The minimum absolute atomic E-state index is 0.172. The topological polar surface area (TPSA) is 61.0 Å². The average Bonchev–Trinajstić information content (AvgIpc) is 3.07. The molecule has 134 valence electrons. The second kappa shape index (κ2) is 6.83. The van der Waals surface area contributed by atoms with E-state index in [1.807, 2.05) is 29.3 Å². The second-order valence-electron chi connectivity index (χ2n) is 7.10. The SMILES string of the molecule is CC(=O)N1CCC(Nc2cc(C)cc3cc(-c4ccccn4)[nH]c23)CC1. The van der Waals surface area contributed by atoms with Crippen LogP contribution in [0.1, 0.15) is 25.3 Å². The maximum atomic E-state index is 11.5. The normalized spacial score (nSPS) is 15.4. The molecule has 2 N–H and O–H groups in total. The van der Waals surface area contributed by atoms with E-state index in [2.05, 4.69) is 40.4 Å². The van der Waals surface area contributed by atoms with Gasteiger partial charge in [0.15, 0.2) is 0 Å². The third-order valence-corrected chi connectivity index (χ3v) is 5.11. The lowest BCUT2D eigenvalue weighted by atomic mass is 10.0. The first-order chi connectivity index (χ1) is 12.6. The van der Waals surface area contributed by atoms with Gasteiger partial charge in [-0.15, -0.1) is 0 Å². The lowest BCUT2D eigenvalue weighted by Crippen LogP contribution is -2.41. The van der Waals surface area contributed by atoms with Gasteiger partial charge in [0.1, 0.15) is 0 Å². The van der Waals surface area contributed by atoms with Gasteiger partial charge in [0.05, 0.1) is 22.6 Å². The van der Waals surface area contributed by atoms with Gasteiger partial charge < -0.3 is 15.2 Å². The highest BCUT2D eigenvalue weighted by Crippen LogP contribution is 2.30. The summed E-state index contributed by atoms with van der Waals surface area (Å²) in [4.78, 5) is 21.4. The number of aryl methyl sites for hydroxylation is 1. The fourth-order valence-electron chi connectivity index (χ4n) is 3.73. The number of nitrogens with one attached hydrogen (secondary N) is 2. The van der Waals surface area contributed by atoms with Crippen LogP contribution in [0.15, 0.2) is 42.6 Å². The smallest absolute Gasteiger partial charge is 0.219 e. The van der Waals surface area contributed by atoms with Gasteiger partial charge in [0.2, 0.25) is 5.91 Å². The summed E-state index contributed by atoms with van der Waals surface area (Å²) in [5.74, 6) is 0.172. The first kappa shape index (κ1) is 16.6. The molecule has 0 aliphatic carbocycles. The number of rotatable bonds is 3. The van der Waals surface area contributed by atoms with Crippen molar-refractivity contribution in [2.75, 3.05) is 18.4 Å². The van der Waals surface area contributed by atoms with Gasteiger partial charge >= 0.3 is 0 Å². The number of nitrogens with zero attached hydrogens (tertiary/aromatic N) is 2. The standard InChI is InChI=1S/C21H24N4O/c1-14-11-16-13-19(18-5-3-4-8-22-18)24-21(16)20(12-14)23-17-6-9-25(10-7-17)15(2)26/h3-5,8,11-13,17,23-24H,6-7,9-10H2,1-2H3. The molecule has 0 unspecified atom stereocenters. The zero-order valence-electron chi connectivity index (χ0n) is 15.2. The highest BCUT2D eigenvalue weighted by atomic mass is 16.2. The van der Waals surface area contributed by atoms with Crippen LogP contribution in [0.25, 0.3) is 22.3 Å². The van der Waals surface area contributed by atoms with Crippen molar-refractivity contribution in [3.8, 4) is 11.4 Å². The van der Waals surface area contributed by atoms with E-state index in [-0.39, 0.29) is 5.91 Å². The third kappa shape index (κ3) is 3.29. The Hall–Kier alpha value is -2.82. The monoisotopic (exact) mass is 348 g/mol. The first-order valence-corrected chi connectivity index (χ1v) is 9.17. The van der Waals surface area contributed by atoms with E-state index in [0.717, 1.165) is 48.5 Å². The Balaban J connectivity index is 1.61. The van der Waals surface area contributed by atoms with Gasteiger partial charge in [0.25, 0.3) is 0 Å². The Labute approximate surface area is 153 Å². The summed E-state index contributed by atoms with van der Waals surface area (Å²) in [5, 5.41) is 4.89. The molecule has 5 heteroatoms. The van der Waals surface area contributed by atoms with Gasteiger partial charge in [-0.1, -0.05) is 6.07 Å². The molecule has 1 saturated heterocycles. The molecule has 1 fully saturated rings. The number of hydrogen-bond acceptors (Lipinski definition) is 3. The predicted octanol–water partition coefficient (Wildman–Crippen LogP) is 3.96. The van der Waals surface area contributed by atoms with Crippen molar-refractivity contribution in [3.63, 3.8) is 0 Å². The molecule has 0 radical (unpaired) electrons. The van der Waals surface area contributed by atoms with Crippen LogP contribution in [0.3, 0.4) is 0 Å². The number of hydrogen-bond donors (Lipinski definition) is 2. The minimum Gasteiger partial charge on any atom is -0.380 e. The molecule has 1 amide bonds. The Kier molecular flexibility index (Phi) is 4.37. The fourth-order valence-corrected chi connectivity index (χ4v) is 3.73. The Morgan fingerprint density at radius 2 is 2.04 bits per heavy atom. The molecule has 0 spiro atoms. The number of H-pyrrole nitrogens is 1. The van der Waals surface area contributed by atoms with E-state index >= 15 is 0 Å². The number of fused-ring (bicyclic) bond motifs is 1. The molecule has 1 aliphatic rings. The second-order valence-corrected chi connectivity index (χ2v) is 7.10. The molecule has 3 heterocycles. The zero-order valence-corrected chi connectivity index (χ0v) is 15.2. The number of piperidine rings is 1. The average molecular weight is 348 g/mol. The molecular weight excluding hydrogens is 324 g/mol. The molecule has 3 aromatic rings. The van der Waals surface area contributed by atoms with Crippen molar-refractivity contribution in [1.82, 2.24) is 14.9 Å². The van der Waals surface area contributed by atoms with E-state index in [0.29, 0.717) is 6.04 Å². The summed E-state index contributed by atoms with van der Waals surface area (Å²) in [6.45, 7) is 5.42. The summed E-state index contributed by atoms with van der Waals surface area (Å²) in [6.07, 6.45) is 3.76. The number of benzene rings is 1. The Morgan fingerprint density at radius 3 is 2.73 bits per heavy atom. The van der Waals surface area contributed by atoms with Gasteiger partial charge in [0, 0.05) is 37.6 Å². The maximum Gasteiger partial charge on any atom is 0.219 e. The number of likely N-dealkylation sites (tertiary alicyclic amines) is 1. The van der Waals surface area contributed by atoms with E-state index in [1.54, 1.807) is 6.92 Å². The number of carbonyl (C=O) groups is 1. The molecular formula is C21H24N4O. The van der Waals surface area contributed by atoms with Crippen molar-refractivity contribution >= 4 is 22.5 Å². The van der Waals surface area contributed by atoms with Gasteiger partial charge in [-0.2, -0.15) is 0 Å². The summed E-state index contributed by atoms with van der Waals surface area (Å²) in [5.41, 5.74) is 5.45. The van der Waals surface area contributed by atoms with Crippen LogP contribution < -0.4 is 5.32 Å². The van der Waals surface area contributed by atoms with E-state index in [1.165, 1.54) is 10.9 Å². The Morgan fingerprint density at radius 1 is 1.23 bits per heavy atom. The number of carbonyl (C=O) groups excluding carboxylic acids is 1. The van der Waals surface area contributed by atoms with Gasteiger partial charge in [-0.25, -0.2) is 0 Å². The molecule has 1 aliphatic heterocycles. The molecule has 5 nitrogen and oxygen atoms in total. The molecule has 0 atom stereocenters. The van der Waals surface area contributed by atoms with Gasteiger partial charge in [-0.05, 0) is 55.7 Å². The number of pyridine rings is 1. The van der Waals surface area contributed by atoms with Crippen LogP contribution in [-0.2, 0) is 4.79 Å². The van der Waals surface area contributed by atoms with Crippen LogP contribution in [-0.4, -0.2) is 39.9 Å². The van der Waals surface area contributed by atoms with Crippen molar-refractivity contribution in [2.24, 2.45) is 0 Å². The Bertz CT molecular complexity index is 924. The van der Waals surface area contributed by atoms with Gasteiger partial charge in [-0.3, -0.25) is 9.78 Å². The largest absolute Gasteiger partial charge is 0.380 e. The highest BCUT2D eigenvalue weighted by Gasteiger charge is 2.21. The van der Waals surface area contributed by atoms with E-state index < -0.39 is 0 Å². The van der Waals surface area contributed by atoms with Crippen LogP contribution in [0.4, 0.5) is 5.69 Å².